The summed E-state index contributed by atoms with van der Waals surface area (Å²) in [5, 5.41) is 8.33. The van der Waals surface area contributed by atoms with Crippen LogP contribution in [-0.2, 0) is 9.36 Å². The van der Waals surface area contributed by atoms with Gasteiger partial charge in [-0.05, 0) is 18.5 Å². The third kappa shape index (κ3) is 4.83. The molecule has 0 aliphatic carbocycles. The Labute approximate surface area is 92.6 Å². The van der Waals surface area contributed by atoms with E-state index in [0.717, 1.165) is 6.42 Å². The topological polar surface area (TPSA) is 54.4 Å². The zero-order valence-electron chi connectivity index (χ0n) is 10.6. The molecule has 0 aliphatic heterocycles. The molecule has 15 heavy (non-hydrogen) atoms. The van der Waals surface area contributed by atoms with E-state index < -0.39 is 18.3 Å². The number of hydrogen-bond acceptors (Lipinski definition) is 2. The summed E-state index contributed by atoms with van der Waals surface area (Å²) >= 11 is 0. The van der Waals surface area contributed by atoms with E-state index in [9.17, 15) is 9.36 Å². The Bertz CT molecular complexity index is 287. The lowest BCUT2D eigenvalue weighted by molar-refractivity contribution is -0.134. The molecule has 0 saturated carbocycles. The summed E-state index contributed by atoms with van der Waals surface area (Å²) in [5.41, 5.74) is 0.0632. The first-order valence-corrected chi connectivity index (χ1v) is 7.50. The van der Waals surface area contributed by atoms with Gasteiger partial charge < -0.3 is 9.67 Å². The zero-order valence-corrected chi connectivity index (χ0v) is 11.5. The van der Waals surface area contributed by atoms with Crippen molar-refractivity contribution in [3.8, 4) is 0 Å². The van der Waals surface area contributed by atoms with Gasteiger partial charge >= 0.3 is 5.97 Å². The fraction of sp³-hybridized carbons (Fsp3) is 0.909. The predicted octanol–water partition coefficient (Wildman–Crippen LogP) is 3.28. The third-order valence-corrected chi connectivity index (χ3v) is 6.27. The van der Waals surface area contributed by atoms with Crippen LogP contribution in [0.25, 0.3) is 0 Å². The molecule has 0 aliphatic rings. The largest absolute Gasteiger partial charge is 0.481 e. The molecular formula is C11H23O3P. The minimum absolute atomic E-state index is 0.0632. The lowest BCUT2D eigenvalue weighted by Gasteiger charge is -2.36. The first-order valence-electron chi connectivity index (χ1n) is 5.16. The molecular weight excluding hydrogens is 211 g/mol. The average molecular weight is 234 g/mol. The van der Waals surface area contributed by atoms with Gasteiger partial charge in [-0.3, -0.25) is 4.79 Å². The smallest absolute Gasteiger partial charge is 0.310 e. The highest BCUT2D eigenvalue weighted by Crippen LogP contribution is 2.58. The molecule has 1 atom stereocenters. The molecule has 3 nitrogen and oxygen atoms in total. The molecule has 0 aromatic carbocycles. The van der Waals surface area contributed by atoms with Crippen molar-refractivity contribution in [3.05, 3.63) is 0 Å². The maximum atomic E-state index is 12.3. The van der Waals surface area contributed by atoms with Crippen LogP contribution < -0.4 is 0 Å². The molecule has 0 heterocycles. The molecule has 90 valence electrons. The predicted molar refractivity (Wildman–Crippen MR) is 64.2 cm³/mol. The van der Waals surface area contributed by atoms with E-state index in [1.165, 1.54) is 0 Å². The molecule has 0 rings (SSSR count). The minimum atomic E-state index is -2.65. The quantitative estimate of drug-likeness (QED) is 0.759. The number of aliphatic carboxylic acids is 1. The van der Waals surface area contributed by atoms with Crippen LogP contribution in [0.3, 0.4) is 0 Å². The van der Waals surface area contributed by atoms with Gasteiger partial charge in [-0.25, -0.2) is 0 Å². The number of carbonyl (C=O) groups is 1. The highest BCUT2D eigenvalue weighted by atomic mass is 31.2. The van der Waals surface area contributed by atoms with Gasteiger partial charge in [0.15, 0.2) is 0 Å². The molecule has 0 aromatic heterocycles. The van der Waals surface area contributed by atoms with E-state index in [-0.39, 0.29) is 11.6 Å². The first-order chi connectivity index (χ1) is 6.37. The fourth-order valence-electron chi connectivity index (χ4n) is 1.94. The first kappa shape index (κ1) is 14.7. The Morgan fingerprint density at radius 1 is 1.20 bits per heavy atom. The fourth-order valence-corrected chi connectivity index (χ4v) is 3.69. The molecule has 0 fully saturated rings. The maximum absolute atomic E-state index is 12.3. The molecule has 0 spiro atoms. The number of carboxylic acid groups (broad SMARTS) is 1. The third-order valence-electron chi connectivity index (χ3n) is 2.68. The van der Waals surface area contributed by atoms with Gasteiger partial charge in [0.1, 0.15) is 7.14 Å². The van der Waals surface area contributed by atoms with Crippen LogP contribution in [0.4, 0.5) is 0 Å². The van der Waals surface area contributed by atoms with Crippen molar-refractivity contribution in [3.63, 3.8) is 0 Å². The Hall–Kier alpha value is -0.300. The summed E-state index contributed by atoms with van der Waals surface area (Å²) in [5.74, 6) is -0.970. The van der Waals surface area contributed by atoms with Crippen LogP contribution in [0.15, 0.2) is 0 Å². The van der Waals surface area contributed by atoms with Gasteiger partial charge in [0.05, 0.1) is 6.16 Å². The highest BCUT2D eigenvalue weighted by Gasteiger charge is 2.40. The van der Waals surface area contributed by atoms with Crippen molar-refractivity contribution < 1.29 is 14.5 Å². The van der Waals surface area contributed by atoms with E-state index in [2.05, 4.69) is 20.8 Å². The van der Waals surface area contributed by atoms with Crippen molar-refractivity contribution in [1.82, 2.24) is 0 Å². The summed E-state index contributed by atoms with van der Waals surface area (Å²) in [4.78, 5) is 10.7. The second-order valence-corrected chi connectivity index (χ2v) is 9.93. The highest BCUT2D eigenvalue weighted by molar-refractivity contribution is 7.65. The van der Waals surface area contributed by atoms with E-state index in [0.29, 0.717) is 0 Å². The SMILES string of the molecule is CC(C)(C)CC(C)(C)[P@](C)(=O)CC(=O)O. The van der Waals surface area contributed by atoms with Crippen molar-refractivity contribution in [2.75, 3.05) is 12.8 Å². The molecule has 0 aromatic rings. The summed E-state index contributed by atoms with van der Waals surface area (Å²) in [6, 6.07) is 0. The monoisotopic (exact) mass is 234 g/mol. The minimum Gasteiger partial charge on any atom is -0.481 e. The summed E-state index contributed by atoms with van der Waals surface area (Å²) in [6.45, 7) is 11.7. The van der Waals surface area contributed by atoms with Gasteiger partial charge in [0, 0.05) is 5.16 Å². The zero-order chi connectivity index (χ0) is 12.5. The molecule has 1 N–H and O–H groups in total. The van der Waals surface area contributed by atoms with Gasteiger partial charge in [-0.2, -0.15) is 0 Å². The summed E-state index contributed by atoms with van der Waals surface area (Å²) < 4.78 is 12.3. The van der Waals surface area contributed by atoms with Crippen LogP contribution in [-0.4, -0.2) is 29.1 Å². The van der Waals surface area contributed by atoms with Gasteiger partial charge in [0.2, 0.25) is 0 Å². The second kappa shape index (κ2) is 4.29. The van der Waals surface area contributed by atoms with E-state index >= 15 is 0 Å². The van der Waals surface area contributed by atoms with Gasteiger partial charge in [-0.1, -0.05) is 34.6 Å². The van der Waals surface area contributed by atoms with E-state index in [1.807, 2.05) is 13.8 Å². The molecule has 4 heteroatoms. The Morgan fingerprint density at radius 3 is 1.87 bits per heavy atom. The van der Waals surface area contributed by atoms with E-state index in [4.69, 9.17) is 5.11 Å². The van der Waals surface area contributed by atoms with Crippen LogP contribution in [0.1, 0.15) is 41.0 Å². The molecule has 0 unspecified atom stereocenters. The molecule has 0 amide bonds. The van der Waals surface area contributed by atoms with Crippen molar-refractivity contribution in [1.29, 1.82) is 0 Å². The van der Waals surface area contributed by atoms with Gasteiger partial charge in [0.25, 0.3) is 0 Å². The molecule has 0 radical (unpaired) electrons. The Balaban J connectivity index is 4.85. The van der Waals surface area contributed by atoms with Crippen molar-refractivity contribution in [2.24, 2.45) is 5.41 Å². The Kier molecular flexibility index (Phi) is 4.20. The molecule has 0 saturated heterocycles. The molecule has 0 bridgehead atoms. The lowest BCUT2D eigenvalue weighted by Crippen LogP contribution is -2.29. The Morgan fingerprint density at radius 2 is 1.60 bits per heavy atom. The number of carboxylic acids is 1. The number of hydrogen-bond donors (Lipinski definition) is 1. The number of rotatable bonds is 4. The maximum Gasteiger partial charge on any atom is 0.310 e. The van der Waals surface area contributed by atoms with Gasteiger partial charge in [-0.15, -0.1) is 0 Å². The standard InChI is InChI=1S/C11H23O3P/c1-10(2,3)8-11(4,5)15(6,14)7-9(12)13/h7-8H2,1-6H3,(H,12,13)/t15-/m1/s1. The average Bonchev–Trinajstić information content (AvgIpc) is 1.75. The summed E-state index contributed by atoms with van der Waals surface area (Å²) in [7, 11) is -2.65. The van der Waals surface area contributed by atoms with E-state index in [1.54, 1.807) is 6.66 Å². The normalized spacial score (nSPS) is 17.2. The summed E-state index contributed by atoms with van der Waals surface area (Å²) in [6.07, 6.45) is 0.553. The lowest BCUT2D eigenvalue weighted by atomic mass is 9.86. The van der Waals surface area contributed by atoms with Crippen LogP contribution >= 0.6 is 7.14 Å². The van der Waals surface area contributed by atoms with Crippen LogP contribution in [0, 0.1) is 5.41 Å². The van der Waals surface area contributed by atoms with Crippen LogP contribution in [0.2, 0.25) is 0 Å². The van der Waals surface area contributed by atoms with Crippen LogP contribution in [0.5, 0.6) is 0 Å². The van der Waals surface area contributed by atoms with Crippen molar-refractivity contribution in [2.45, 2.75) is 46.2 Å². The second-order valence-electron chi connectivity index (χ2n) is 6.20. The van der Waals surface area contributed by atoms with Crippen molar-refractivity contribution >= 4 is 13.1 Å².